The maximum absolute atomic E-state index is 10.8. The van der Waals surface area contributed by atoms with Crippen LogP contribution in [0.3, 0.4) is 0 Å². The van der Waals surface area contributed by atoms with Crippen molar-refractivity contribution in [2.24, 2.45) is 5.92 Å². The number of carboxylic acids is 1. The second-order valence-electron chi connectivity index (χ2n) is 4.04. The molecule has 0 amide bonds. The van der Waals surface area contributed by atoms with Gasteiger partial charge in [-0.1, -0.05) is 30.3 Å². The van der Waals surface area contributed by atoms with Gasteiger partial charge in [0.1, 0.15) is 0 Å². The standard InChI is InChI=1S/C12H15NO2.2ClH/c14-12(15)11-6-7-13(9-11)8-10-4-2-1-3-5-10;;/h1-5,11H,6-9H2,(H,14,15);2*1H. The fourth-order valence-electron chi connectivity index (χ4n) is 2.02. The minimum Gasteiger partial charge on any atom is -0.481 e. The van der Waals surface area contributed by atoms with Crippen LogP contribution in [0.15, 0.2) is 30.3 Å². The van der Waals surface area contributed by atoms with Crippen molar-refractivity contribution in [3.63, 3.8) is 0 Å². The first-order valence-electron chi connectivity index (χ1n) is 5.25. The Morgan fingerprint density at radius 1 is 1.29 bits per heavy atom. The van der Waals surface area contributed by atoms with Crippen molar-refractivity contribution < 1.29 is 9.90 Å². The Hall–Kier alpha value is -0.770. The van der Waals surface area contributed by atoms with E-state index >= 15 is 0 Å². The number of hydrogen-bond donors (Lipinski definition) is 1. The zero-order valence-electron chi connectivity index (χ0n) is 9.41. The van der Waals surface area contributed by atoms with Gasteiger partial charge in [0.15, 0.2) is 0 Å². The summed E-state index contributed by atoms with van der Waals surface area (Å²) in [6.07, 6.45) is 0.780. The van der Waals surface area contributed by atoms with Crippen LogP contribution in [0.4, 0.5) is 0 Å². The van der Waals surface area contributed by atoms with E-state index in [0.717, 1.165) is 19.5 Å². The highest BCUT2D eigenvalue weighted by Crippen LogP contribution is 2.18. The number of nitrogens with zero attached hydrogens (tertiary/aromatic N) is 1. The molecule has 1 saturated heterocycles. The van der Waals surface area contributed by atoms with Crippen LogP contribution in [0, 0.1) is 5.92 Å². The molecule has 0 radical (unpaired) electrons. The number of hydrogen-bond acceptors (Lipinski definition) is 2. The molecule has 0 bridgehead atoms. The lowest BCUT2D eigenvalue weighted by Crippen LogP contribution is -2.22. The molecule has 0 aliphatic carbocycles. The van der Waals surface area contributed by atoms with Crippen molar-refractivity contribution in [3.8, 4) is 0 Å². The van der Waals surface area contributed by atoms with E-state index in [1.54, 1.807) is 0 Å². The molecule has 96 valence electrons. The predicted octanol–water partition coefficient (Wildman–Crippen LogP) is 2.44. The minimum absolute atomic E-state index is 0. The van der Waals surface area contributed by atoms with E-state index in [1.165, 1.54) is 5.56 Å². The Morgan fingerprint density at radius 3 is 2.47 bits per heavy atom. The summed E-state index contributed by atoms with van der Waals surface area (Å²) in [5.41, 5.74) is 1.25. The van der Waals surface area contributed by atoms with E-state index in [9.17, 15) is 4.79 Å². The second-order valence-corrected chi connectivity index (χ2v) is 4.04. The molecule has 2 rings (SSSR count). The van der Waals surface area contributed by atoms with Gasteiger partial charge in [-0.15, -0.1) is 24.8 Å². The highest BCUT2D eigenvalue weighted by atomic mass is 35.5. The smallest absolute Gasteiger partial charge is 0.307 e. The lowest BCUT2D eigenvalue weighted by atomic mass is 10.1. The van der Waals surface area contributed by atoms with Crippen LogP contribution in [0.2, 0.25) is 0 Å². The normalized spacial score (nSPS) is 19.2. The molecule has 1 N–H and O–H groups in total. The molecule has 3 nitrogen and oxygen atoms in total. The quantitative estimate of drug-likeness (QED) is 0.923. The molecule has 0 spiro atoms. The summed E-state index contributed by atoms with van der Waals surface area (Å²) in [7, 11) is 0. The fraction of sp³-hybridized carbons (Fsp3) is 0.417. The van der Waals surface area contributed by atoms with E-state index in [4.69, 9.17) is 5.11 Å². The van der Waals surface area contributed by atoms with Crippen LogP contribution in [-0.2, 0) is 11.3 Å². The number of likely N-dealkylation sites (tertiary alicyclic amines) is 1. The van der Waals surface area contributed by atoms with Gasteiger partial charge in [-0.2, -0.15) is 0 Å². The largest absolute Gasteiger partial charge is 0.481 e. The molecule has 1 aromatic carbocycles. The predicted molar refractivity (Wildman–Crippen MR) is 72.0 cm³/mol. The Kier molecular flexibility index (Phi) is 7.19. The first kappa shape index (κ1) is 16.2. The van der Waals surface area contributed by atoms with E-state index in [1.807, 2.05) is 18.2 Å². The maximum Gasteiger partial charge on any atom is 0.307 e. The van der Waals surface area contributed by atoms with Crippen molar-refractivity contribution in [1.29, 1.82) is 0 Å². The average Bonchev–Trinajstić information content (AvgIpc) is 2.68. The van der Waals surface area contributed by atoms with Crippen LogP contribution in [0.25, 0.3) is 0 Å². The average molecular weight is 278 g/mol. The van der Waals surface area contributed by atoms with Crippen LogP contribution >= 0.6 is 24.8 Å². The Balaban J connectivity index is 0.00000128. The van der Waals surface area contributed by atoms with Crippen molar-refractivity contribution in [2.45, 2.75) is 13.0 Å². The highest BCUT2D eigenvalue weighted by molar-refractivity contribution is 5.85. The molecule has 0 aromatic heterocycles. The third-order valence-corrected chi connectivity index (χ3v) is 2.87. The topological polar surface area (TPSA) is 40.5 Å². The highest BCUT2D eigenvalue weighted by Gasteiger charge is 2.27. The van der Waals surface area contributed by atoms with Gasteiger partial charge in [-0.05, 0) is 18.5 Å². The molecule has 0 saturated carbocycles. The first-order chi connectivity index (χ1) is 7.25. The van der Waals surface area contributed by atoms with Gasteiger partial charge < -0.3 is 5.11 Å². The molecule has 1 heterocycles. The van der Waals surface area contributed by atoms with Crippen LogP contribution in [0.5, 0.6) is 0 Å². The van der Waals surface area contributed by atoms with Crippen molar-refractivity contribution in [1.82, 2.24) is 4.90 Å². The van der Waals surface area contributed by atoms with Gasteiger partial charge in [0.25, 0.3) is 0 Å². The molecule has 1 aliphatic heterocycles. The number of carbonyl (C=O) groups is 1. The third-order valence-electron chi connectivity index (χ3n) is 2.87. The van der Waals surface area contributed by atoms with E-state index in [0.29, 0.717) is 6.54 Å². The molecule has 5 heteroatoms. The van der Waals surface area contributed by atoms with Crippen molar-refractivity contribution >= 4 is 30.8 Å². The van der Waals surface area contributed by atoms with Gasteiger partial charge in [0, 0.05) is 13.1 Å². The summed E-state index contributed by atoms with van der Waals surface area (Å²) in [6.45, 7) is 2.45. The molecule has 1 atom stereocenters. The molecule has 17 heavy (non-hydrogen) atoms. The number of rotatable bonds is 3. The zero-order valence-corrected chi connectivity index (χ0v) is 11.0. The summed E-state index contributed by atoms with van der Waals surface area (Å²) >= 11 is 0. The Labute approximate surface area is 114 Å². The summed E-state index contributed by atoms with van der Waals surface area (Å²) in [6, 6.07) is 10.2. The van der Waals surface area contributed by atoms with Crippen molar-refractivity contribution in [2.75, 3.05) is 13.1 Å². The summed E-state index contributed by atoms with van der Waals surface area (Å²) in [5.74, 6) is -0.834. The molecule has 1 fully saturated rings. The summed E-state index contributed by atoms with van der Waals surface area (Å²) in [5, 5.41) is 8.87. The molecular formula is C12H17Cl2NO2. The second kappa shape index (κ2) is 7.54. The first-order valence-corrected chi connectivity index (χ1v) is 5.25. The number of carboxylic acid groups (broad SMARTS) is 1. The van der Waals surface area contributed by atoms with Gasteiger partial charge in [-0.3, -0.25) is 9.69 Å². The number of halogens is 2. The zero-order chi connectivity index (χ0) is 10.7. The van der Waals surface area contributed by atoms with E-state index < -0.39 is 5.97 Å². The SMILES string of the molecule is Cl.Cl.O=C(O)C1CCN(Cc2ccccc2)C1. The van der Waals surface area contributed by atoms with E-state index in [-0.39, 0.29) is 30.7 Å². The number of benzene rings is 1. The van der Waals surface area contributed by atoms with Crippen LogP contribution in [0.1, 0.15) is 12.0 Å². The summed E-state index contributed by atoms with van der Waals surface area (Å²) in [4.78, 5) is 13.0. The van der Waals surface area contributed by atoms with Crippen LogP contribution in [-0.4, -0.2) is 29.1 Å². The summed E-state index contributed by atoms with van der Waals surface area (Å²) < 4.78 is 0. The van der Waals surface area contributed by atoms with E-state index in [2.05, 4.69) is 17.0 Å². The van der Waals surface area contributed by atoms with Crippen molar-refractivity contribution in [3.05, 3.63) is 35.9 Å². The van der Waals surface area contributed by atoms with Gasteiger partial charge in [-0.25, -0.2) is 0 Å². The Bertz CT molecular complexity index is 346. The number of aliphatic carboxylic acids is 1. The fourth-order valence-corrected chi connectivity index (χ4v) is 2.02. The van der Waals surface area contributed by atoms with Gasteiger partial charge in [0.2, 0.25) is 0 Å². The van der Waals surface area contributed by atoms with Crippen LogP contribution < -0.4 is 0 Å². The lowest BCUT2D eigenvalue weighted by molar-refractivity contribution is -0.141. The van der Waals surface area contributed by atoms with Gasteiger partial charge in [0.05, 0.1) is 5.92 Å². The Morgan fingerprint density at radius 2 is 1.94 bits per heavy atom. The molecule has 1 aromatic rings. The third kappa shape index (κ3) is 4.54. The molecular weight excluding hydrogens is 261 g/mol. The lowest BCUT2D eigenvalue weighted by Gasteiger charge is -2.14. The molecule has 1 unspecified atom stereocenters. The van der Waals surface area contributed by atoms with Gasteiger partial charge >= 0.3 is 5.97 Å². The monoisotopic (exact) mass is 277 g/mol. The minimum atomic E-state index is -0.662. The molecule has 1 aliphatic rings. The maximum atomic E-state index is 10.8.